The molecular weight excluding hydrogens is 208 g/mol. The highest BCUT2D eigenvalue weighted by molar-refractivity contribution is 5.83. The summed E-state index contributed by atoms with van der Waals surface area (Å²) in [4.78, 5) is 26.5. The summed E-state index contributed by atoms with van der Waals surface area (Å²) in [6.07, 6.45) is 2.00. The van der Waals surface area contributed by atoms with Crippen molar-refractivity contribution in [2.45, 2.75) is 12.8 Å². The molecule has 2 fully saturated rings. The van der Waals surface area contributed by atoms with Crippen molar-refractivity contribution >= 4 is 11.9 Å². The van der Waals surface area contributed by atoms with Gasteiger partial charge >= 0.3 is 5.97 Å². The summed E-state index contributed by atoms with van der Waals surface area (Å²) < 4.78 is 0. The number of carbonyl (C=O) groups is 2. The molecule has 90 valence electrons. The Morgan fingerprint density at radius 1 is 1.19 bits per heavy atom. The molecule has 2 aliphatic rings. The second-order valence-electron chi connectivity index (χ2n) is 4.88. The molecule has 5 heteroatoms. The summed E-state index contributed by atoms with van der Waals surface area (Å²) in [6.45, 7) is 2.66. The van der Waals surface area contributed by atoms with E-state index in [9.17, 15) is 9.59 Å². The number of rotatable bonds is 2. The van der Waals surface area contributed by atoms with Gasteiger partial charge in [0.15, 0.2) is 0 Å². The quantitative estimate of drug-likeness (QED) is 0.712. The molecule has 0 aromatic carbocycles. The number of hydrogen-bond acceptors (Lipinski definition) is 3. The highest BCUT2D eigenvalue weighted by atomic mass is 16.4. The number of likely N-dealkylation sites (tertiary alicyclic amines) is 2. The summed E-state index contributed by atoms with van der Waals surface area (Å²) >= 11 is 0. The van der Waals surface area contributed by atoms with Crippen LogP contribution in [0.4, 0.5) is 0 Å². The average molecular weight is 226 g/mol. The first kappa shape index (κ1) is 11.4. The van der Waals surface area contributed by atoms with E-state index in [1.54, 1.807) is 4.90 Å². The number of hydrogen-bond donors (Lipinski definition) is 1. The molecule has 2 saturated heterocycles. The number of carbonyl (C=O) groups excluding carboxylic acids is 1. The normalized spacial score (nSPS) is 27.6. The molecule has 5 nitrogen and oxygen atoms in total. The Bertz CT molecular complexity index is 300. The van der Waals surface area contributed by atoms with Crippen molar-refractivity contribution in [3.8, 4) is 0 Å². The molecule has 0 bridgehead atoms. The van der Waals surface area contributed by atoms with Crippen LogP contribution in [0.25, 0.3) is 0 Å². The summed E-state index contributed by atoms with van der Waals surface area (Å²) in [7, 11) is 2.02. The van der Waals surface area contributed by atoms with Gasteiger partial charge in [0.2, 0.25) is 5.91 Å². The molecule has 0 aliphatic carbocycles. The Morgan fingerprint density at radius 2 is 1.88 bits per heavy atom. The molecule has 1 N–H and O–H groups in total. The van der Waals surface area contributed by atoms with Crippen LogP contribution in [0, 0.1) is 11.8 Å². The minimum atomic E-state index is -0.787. The third-order valence-corrected chi connectivity index (χ3v) is 3.52. The fourth-order valence-electron chi connectivity index (χ4n) is 2.44. The predicted octanol–water partition coefficient (Wildman–Crippen LogP) is -0.129. The van der Waals surface area contributed by atoms with E-state index >= 15 is 0 Å². The molecule has 0 aromatic rings. The van der Waals surface area contributed by atoms with Crippen molar-refractivity contribution in [3.63, 3.8) is 0 Å². The zero-order valence-electron chi connectivity index (χ0n) is 9.56. The first-order valence-electron chi connectivity index (χ1n) is 5.78. The van der Waals surface area contributed by atoms with E-state index < -0.39 is 5.97 Å². The van der Waals surface area contributed by atoms with Gasteiger partial charge < -0.3 is 14.9 Å². The molecule has 0 radical (unpaired) electrons. The van der Waals surface area contributed by atoms with Crippen molar-refractivity contribution in [2.24, 2.45) is 11.8 Å². The lowest BCUT2D eigenvalue weighted by molar-refractivity contribution is -0.155. The summed E-state index contributed by atoms with van der Waals surface area (Å²) in [5.41, 5.74) is 0. The van der Waals surface area contributed by atoms with Crippen LogP contribution < -0.4 is 0 Å². The molecule has 1 amide bonds. The SMILES string of the molecule is CN1CCC[C@@H](C(=O)N2CC(C(=O)O)C2)C1. The van der Waals surface area contributed by atoms with Crippen molar-refractivity contribution in [1.82, 2.24) is 9.80 Å². The second kappa shape index (κ2) is 4.41. The first-order valence-corrected chi connectivity index (χ1v) is 5.78. The monoisotopic (exact) mass is 226 g/mol. The highest BCUT2D eigenvalue weighted by Gasteiger charge is 2.38. The summed E-state index contributed by atoms with van der Waals surface area (Å²) in [5, 5.41) is 8.74. The zero-order valence-corrected chi connectivity index (χ0v) is 9.56. The van der Waals surface area contributed by atoms with Crippen molar-refractivity contribution < 1.29 is 14.7 Å². The Labute approximate surface area is 95.0 Å². The fraction of sp³-hybridized carbons (Fsp3) is 0.818. The van der Waals surface area contributed by atoms with E-state index in [2.05, 4.69) is 4.90 Å². The zero-order chi connectivity index (χ0) is 11.7. The van der Waals surface area contributed by atoms with Gasteiger partial charge in [-0.3, -0.25) is 9.59 Å². The predicted molar refractivity (Wildman–Crippen MR) is 57.9 cm³/mol. The number of carboxylic acids is 1. The first-order chi connectivity index (χ1) is 7.58. The smallest absolute Gasteiger partial charge is 0.310 e. The molecular formula is C11H18N2O3. The maximum absolute atomic E-state index is 12.0. The third-order valence-electron chi connectivity index (χ3n) is 3.52. The molecule has 0 saturated carbocycles. The maximum atomic E-state index is 12.0. The average Bonchev–Trinajstić information content (AvgIpc) is 2.14. The van der Waals surface area contributed by atoms with Crippen LogP contribution in [0.3, 0.4) is 0 Å². The van der Waals surface area contributed by atoms with Crippen molar-refractivity contribution in [3.05, 3.63) is 0 Å². The number of nitrogens with zero attached hydrogens (tertiary/aromatic N) is 2. The number of piperidine rings is 1. The van der Waals surface area contributed by atoms with Gasteiger partial charge in [0.05, 0.1) is 11.8 Å². The Morgan fingerprint density at radius 3 is 2.44 bits per heavy atom. The van der Waals surface area contributed by atoms with E-state index in [0.29, 0.717) is 13.1 Å². The van der Waals surface area contributed by atoms with Gasteiger partial charge in [0, 0.05) is 19.6 Å². The summed E-state index contributed by atoms with van der Waals surface area (Å²) in [5.74, 6) is -0.910. The molecule has 0 spiro atoms. The van der Waals surface area contributed by atoms with Gasteiger partial charge in [-0.05, 0) is 26.4 Å². The number of aliphatic carboxylic acids is 1. The lowest BCUT2D eigenvalue weighted by Gasteiger charge is -2.40. The Hall–Kier alpha value is -1.10. The third kappa shape index (κ3) is 2.19. The van der Waals surface area contributed by atoms with E-state index in [4.69, 9.17) is 5.11 Å². The molecule has 2 aliphatic heterocycles. The Kier molecular flexibility index (Phi) is 3.14. The fourth-order valence-corrected chi connectivity index (χ4v) is 2.44. The van der Waals surface area contributed by atoms with Gasteiger partial charge in [-0.15, -0.1) is 0 Å². The van der Waals surface area contributed by atoms with Crippen LogP contribution in [0.15, 0.2) is 0 Å². The topological polar surface area (TPSA) is 60.9 Å². The van der Waals surface area contributed by atoms with Crippen molar-refractivity contribution in [1.29, 1.82) is 0 Å². The van der Waals surface area contributed by atoms with Crippen LogP contribution in [0.1, 0.15) is 12.8 Å². The van der Waals surface area contributed by atoms with Gasteiger partial charge in [-0.2, -0.15) is 0 Å². The molecule has 1 atom stereocenters. The van der Waals surface area contributed by atoms with Crippen LogP contribution >= 0.6 is 0 Å². The maximum Gasteiger partial charge on any atom is 0.310 e. The summed E-state index contributed by atoms with van der Waals surface area (Å²) in [6, 6.07) is 0. The lowest BCUT2D eigenvalue weighted by atomic mass is 9.93. The standard InChI is InChI=1S/C11H18N2O3/c1-12-4-2-3-8(5-12)10(14)13-6-9(7-13)11(15)16/h8-9H,2-7H2,1H3,(H,15,16)/t8-/m1/s1. The van der Waals surface area contributed by atoms with Gasteiger partial charge in [0.25, 0.3) is 0 Å². The van der Waals surface area contributed by atoms with E-state index in [-0.39, 0.29) is 17.7 Å². The van der Waals surface area contributed by atoms with E-state index in [0.717, 1.165) is 25.9 Å². The van der Waals surface area contributed by atoms with E-state index in [1.165, 1.54) is 0 Å². The number of amides is 1. The van der Waals surface area contributed by atoms with Crippen LogP contribution in [0.5, 0.6) is 0 Å². The second-order valence-corrected chi connectivity index (χ2v) is 4.88. The number of carboxylic acid groups (broad SMARTS) is 1. The minimum Gasteiger partial charge on any atom is -0.481 e. The van der Waals surface area contributed by atoms with E-state index in [1.807, 2.05) is 7.05 Å². The van der Waals surface area contributed by atoms with Crippen LogP contribution in [-0.2, 0) is 9.59 Å². The molecule has 2 rings (SSSR count). The highest BCUT2D eigenvalue weighted by Crippen LogP contribution is 2.23. The van der Waals surface area contributed by atoms with Gasteiger partial charge in [-0.25, -0.2) is 0 Å². The molecule has 2 heterocycles. The van der Waals surface area contributed by atoms with Crippen LogP contribution in [0.2, 0.25) is 0 Å². The molecule has 0 aromatic heterocycles. The molecule has 16 heavy (non-hydrogen) atoms. The van der Waals surface area contributed by atoms with Gasteiger partial charge in [-0.1, -0.05) is 0 Å². The Balaban J connectivity index is 1.82. The lowest BCUT2D eigenvalue weighted by Crippen LogP contribution is -2.56. The van der Waals surface area contributed by atoms with Crippen LogP contribution in [-0.4, -0.2) is 60.0 Å². The van der Waals surface area contributed by atoms with Gasteiger partial charge in [0.1, 0.15) is 0 Å². The molecule has 0 unspecified atom stereocenters. The van der Waals surface area contributed by atoms with Crippen molar-refractivity contribution in [2.75, 3.05) is 33.2 Å². The largest absolute Gasteiger partial charge is 0.481 e. The minimum absolute atomic E-state index is 0.0773.